The smallest absolute Gasteiger partial charge is 0.189 e. The second-order valence-electron chi connectivity index (χ2n) is 4.64. The van der Waals surface area contributed by atoms with E-state index in [1.807, 2.05) is 0 Å². The lowest BCUT2D eigenvalue weighted by Crippen LogP contribution is -2.38. The lowest BCUT2D eigenvalue weighted by atomic mass is 10.1. The van der Waals surface area contributed by atoms with E-state index in [1.54, 1.807) is 0 Å². The summed E-state index contributed by atoms with van der Waals surface area (Å²) in [5.41, 5.74) is 5.78. The second kappa shape index (κ2) is 6.70. The Morgan fingerprint density at radius 2 is 2.13 bits per heavy atom. The Morgan fingerprint density at radius 3 is 2.73 bits per heavy atom. The summed E-state index contributed by atoms with van der Waals surface area (Å²) in [6, 6.07) is 0.981. The molecular formula is C12H25N3. The van der Waals surface area contributed by atoms with Gasteiger partial charge >= 0.3 is 0 Å². The van der Waals surface area contributed by atoms with E-state index in [-0.39, 0.29) is 0 Å². The standard InChI is InChI=1S/C12H25N3/c1-3-4-5-6-7-10(2)14-12(13)15-11-8-9-11/h10-11H,3-9H2,1-2H3,(H3,13,14,15). The third-order valence-electron chi connectivity index (χ3n) is 2.75. The summed E-state index contributed by atoms with van der Waals surface area (Å²) < 4.78 is 0. The van der Waals surface area contributed by atoms with E-state index in [2.05, 4.69) is 24.2 Å². The van der Waals surface area contributed by atoms with Crippen molar-refractivity contribution in [3.63, 3.8) is 0 Å². The predicted molar refractivity (Wildman–Crippen MR) is 66.0 cm³/mol. The minimum Gasteiger partial charge on any atom is -0.370 e. The molecule has 1 fully saturated rings. The number of hydrogen-bond donors (Lipinski definition) is 2. The van der Waals surface area contributed by atoms with E-state index in [0.717, 1.165) is 0 Å². The van der Waals surface area contributed by atoms with Gasteiger partial charge in [0.15, 0.2) is 5.96 Å². The molecule has 1 saturated carbocycles. The molecule has 0 aromatic heterocycles. The molecule has 1 atom stereocenters. The molecule has 0 bridgehead atoms. The van der Waals surface area contributed by atoms with Crippen LogP contribution in [0.3, 0.4) is 0 Å². The van der Waals surface area contributed by atoms with Gasteiger partial charge in [0.25, 0.3) is 0 Å². The largest absolute Gasteiger partial charge is 0.370 e. The average molecular weight is 211 g/mol. The van der Waals surface area contributed by atoms with Crippen molar-refractivity contribution in [1.29, 1.82) is 0 Å². The minimum absolute atomic E-state index is 0.462. The lowest BCUT2D eigenvalue weighted by Gasteiger charge is -2.14. The second-order valence-corrected chi connectivity index (χ2v) is 4.64. The normalized spacial score (nSPS) is 18.9. The number of aliphatic imine (C=N–C) groups is 1. The van der Waals surface area contributed by atoms with Gasteiger partial charge < -0.3 is 11.1 Å². The number of rotatable bonds is 7. The molecule has 0 amide bonds. The van der Waals surface area contributed by atoms with Crippen LogP contribution >= 0.6 is 0 Å². The molecular weight excluding hydrogens is 186 g/mol. The first-order valence-electron chi connectivity index (χ1n) is 6.32. The lowest BCUT2D eigenvalue weighted by molar-refractivity contribution is 0.541. The molecule has 0 saturated heterocycles. The van der Waals surface area contributed by atoms with Gasteiger partial charge in [0.2, 0.25) is 0 Å². The maximum Gasteiger partial charge on any atom is 0.189 e. The molecule has 88 valence electrons. The summed E-state index contributed by atoms with van der Waals surface area (Å²) in [7, 11) is 0. The Hall–Kier alpha value is -0.730. The molecule has 1 rings (SSSR count). The van der Waals surface area contributed by atoms with E-state index in [4.69, 9.17) is 5.73 Å². The molecule has 0 aliphatic heterocycles. The van der Waals surface area contributed by atoms with Gasteiger partial charge in [-0.1, -0.05) is 32.6 Å². The van der Waals surface area contributed by atoms with E-state index < -0.39 is 0 Å². The number of unbranched alkanes of at least 4 members (excludes halogenated alkanes) is 3. The first kappa shape index (κ1) is 12.3. The zero-order valence-corrected chi connectivity index (χ0v) is 10.1. The summed E-state index contributed by atoms with van der Waals surface area (Å²) in [5.74, 6) is 0.639. The number of nitrogens with zero attached hydrogens (tertiary/aromatic N) is 1. The van der Waals surface area contributed by atoms with Gasteiger partial charge in [-0.3, -0.25) is 4.99 Å². The van der Waals surface area contributed by atoms with Crippen LogP contribution in [0, 0.1) is 0 Å². The maximum absolute atomic E-state index is 5.78. The van der Waals surface area contributed by atoms with Crippen molar-refractivity contribution in [2.45, 2.75) is 70.9 Å². The maximum atomic E-state index is 5.78. The summed E-state index contributed by atoms with van der Waals surface area (Å²) in [5, 5.41) is 3.26. The highest BCUT2D eigenvalue weighted by Gasteiger charge is 2.20. The van der Waals surface area contributed by atoms with Crippen molar-refractivity contribution in [3.05, 3.63) is 0 Å². The van der Waals surface area contributed by atoms with Crippen LogP contribution in [0.2, 0.25) is 0 Å². The van der Waals surface area contributed by atoms with E-state index in [9.17, 15) is 0 Å². The number of nitrogens with one attached hydrogen (secondary N) is 1. The molecule has 1 unspecified atom stereocenters. The van der Waals surface area contributed by atoms with Crippen molar-refractivity contribution >= 4 is 5.96 Å². The summed E-state index contributed by atoms with van der Waals surface area (Å²) in [6.07, 6.45) is 8.90. The van der Waals surface area contributed by atoms with Crippen LogP contribution in [-0.4, -0.2) is 18.0 Å². The van der Waals surface area contributed by atoms with Crippen molar-refractivity contribution in [1.82, 2.24) is 5.32 Å². The van der Waals surface area contributed by atoms with E-state index in [1.165, 1.54) is 44.9 Å². The van der Waals surface area contributed by atoms with Crippen LogP contribution in [-0.2, 0) is 0 Å². The molecule has 0 heterocycles. The highest BCUT2D eigenvalue weighted by atomic mass is 15.1. The molecule has 0 aromatic rings. The highest BCUT2D eigenvalue weighted by molar-refractivity contribution is 5.78. The molecule has 0 aromatic carbocycles. The van der Waals surface area contributed by atoms with Gasteiger partial charge in [-0.25, -0.2) is 0 Å². The SMILES string of the molecule is CCCCCCC(C)NC(N)=NC1CC1. The predicted octanol–water partition coefficient (Wildman–Crippen LogP) is 2.41. The fourth-order valence-electron chi connectivity index (χ4n) is 1.64. The van der Waals surface area contributed by atoms with Crippen LogP contribution in [0.1, 0.15) is 58.8 Å². The van der Waals surface area contributed by atoms with Gasteiger partial charge in [0.05, 0.1) is 6.04 Å². The monoisotopic (exact) mass is 211 g/mol. The minimum atomic E-state index is 0.462. The van der Waals surface area contributed by atoms with E-state index in [0.29, 0.717) is 18.0 Å². The van der Waals surface area contributed by atoms with Crippen LogP contribution in [0.25, 0.3) is 0 Å². The highest BCUT2D eigenvalue weighted by Crippen LogP contribution is 2.22. The van der Waals surface area contributed by atoms with Gasteiger partial charge in [-0.05, 0) is 26.2 Å². The van der Waals surface area contributed by atoms with Crippen molar-refractivity contribution in [2.24, 2.45) is 10.7 Å². The van der Waals surface area contributed by atoms with Crippen LogP contribution in [0.4, 0.5) is 0 Å². The van der Waals surface area contributed by atoms with Crippen LogP contribution in [0.5, 0.6) is 0 Å². The van der Waals surface area contributed by atoms with Gasteiger partial charge in [-0.15, -0.1) is 0 Å². The van der Waals surface area contributed by atoms with Gasteiger partial charge in [0.1, 0.15) is 0 Å². The summed E-state index contributed by atoms with van der Waals surface area (Å²) >= 11 is 0. The number of nitrogens with two attached hydrogens (primary N) is 1. The van der Waals surface area contributed by atoms with Gasteiger partial charge in [-0.2, -0.15) is 0 Å². The molecule has 1 aliphatic rings. The molecule has 1 aliphatic carbocycles. The molecule has 3 heteroatoms. The quantitative estimate of drug-likeness (QED) is 0.386. The van der Waals surface area contributed by atoms with Crippen molar-refractivity contribution < 1.29 is 0 Å². The first-order chi connectivity index (χ1) is 7.22. The number of guanidine groups is 1. The molecule has 3 N–H and O–H groups in total. The Kier molecular flexibility index (Phi) is 5.51. The van der Waals surface area contributed by atoms with Gasteiger partial charge in [0, 0.05) is 6.04 Å². The molecule has 3 nitrogen and oxygen atoms in total. The van der Waals surface area contributed by atoms with E-state index >= 15 is 0 Å². The topological polar surface area (TPSA) is 50.4 Å². The Labute approximate surface area is 93.5 Å². The fraction of sp³-hybridized carbons (Fsp3) is 0.917. The zero-order chi connectivity index (χ0) is 11.1. The molecule has 0 spiro atoms. The zero-order valence-electron chi connectivity index (χ0n) is 10.1. The van der Waals surface area contributed by atoms with Crippen molar-refractivity contribution in [3.8, 4) is 0 Å². The molecule has 0 radical (unpaired) electrons. The third-order valence-corrected chi connectivity index (χ3v) is 2.75. The summed E-state index contributed by atoms with van der Waals surface area (Å²) in [6.45, 7) is 4.42. The summed E-state index contributed by atoms with van der Waals surface area (Å²) in [4.78, 5) is 4.36. The Balaban J connectivity index is 2.03. The fourth-order valence-corrected chi connectivity index (χ4v) is 1.64. The Bertz CT molecular complexity index is 197. The van der Waals surface area contributed by atoms with Crippen LogP contribution < -0.4 is 11.1 Å². The third kappa shape index (κ3) is 6.37. The molecule has 15 heavy (non-hydrogen) atoms. The van der Waals surface area contributed by atoms with Crippen LogP contribution in [0.15, 0.2) is 4.99 Å². The average Bonchev–Trinajstić information content (AvgIpc) is 2.96. The first-order valence-corrected chi connectivity index (χ1v) is 6.32. The number of hydrogen-bond acceptors (Lipinski definition) is 1. The Morgan fingerprint density at radius 1 is 1.40 bits per heavy atom. The van der Waals surface area contributed by atoms with Crippen molar-refractivity contribution in [2.75, 3.05) is 0 Å².